The van der Waals surface area contributed by atoms with Crippen molar-refractivity contribution in [3.63, 3.8) is 0 Å². The van der Waals surface area contributed by atoms with Gasteiger partial charge in [-0.2, -0.15) is 26.4 Å². The van der Waals surface area contributed by atoms with Crippen LogP contribution in [0.5, 0.6) is 17.2 Å². The van der Waals surface area contributed by atoms with Crippen molar-refractivity contribution in [1.29, 1.82) is 5.26 Å². The number of imide groups is 1. The maximum Gasteiger partial charge on any atom is 0.332 e. The number of nitrogens with zero attached hydrogens (tertiary/aromatic N) is 6. The lowest BCUT2D eigenvalue weighted by atomic mass is 9.87. The van der Waals surface area contributed by atoms with E-state index in [0.29, 0.717) is 63.8 Å². The van der Waals surface area contributed by atoms with Crippen molar-refractivity contribution in [3.8, 4) is 23.3 Å². The van der Waals surface area contributed by atoms with Gasteiger partial charge in [0, 0.05) is 45.6 Å². The molecular formula is C44H48F2N8O11S2. The van der Waals surface area contributed by atoms with Gasteiger partial charge in [0.1, 0.15) is 28.0 Å². The zero-order valence-corrected chi connectivity index (χ0v) is 38.2. The molecule has 4 aliphatic rings. The molecule has 5 heterocycles. The molecule has 1 spiro atoms. The molecule has 2 N–H and O–H groups in total. The molecule has 3 aromatic carbocycles. The summed E-state index contributed by atoms with van der Waals surface area (Å²) in [5.41, 5.74) is -0.938. The number of aromatic nitrogens is 2. The Hall–Kier alpha value is -6.06. The minimum Gasteiger partial charge on any atom is -0.481 e. The molecule has 4 aliphatic heterocycles. The number of likely N-dealkylation sites (tertiary alicyclic amines) is 2. The van der Waals surface area contributed by atoms with Crippen LogP contribution in [0.3, 0.4) is 0 Å². The molecule has 4 saturated heterocycles. The molecule has 4 aromatic rings. The van der Waals surface area contributed by atoms with Crippen LogP contribution in [-0.4, -0.2) is 123 Å². The van der Waals surface area contributed by atoms with Gasteiger partial charge in [-0.05, 0) is 93.1 Å². The average molecular weight is 967 g/mol. The highest BCUT2D eigenvalue weighted by Gasteiger charge is 2.44. The minimum atomic E-state index is -5.16. The van der Waals surface area contributed by atoms with E-state index in [9.17, 15) is 45.2 Å². The number of halogens is 2. The van der Waals surface area contributed by atoms with Crippen LogP contribution in [0.4, 0.5) is 14.0 Å². The van der Waals surface area contributed by atoms with Crippen molar-refractivity contribution in [1.82, 2.24) is 29.0 Å². The van der Waals surface area contributed by atoms with E-state index in [0.717, 1.165) is 22.5 Å². The summed E-state index contributed by atoms with van der Waals surface area (Å²) in [5.74, 6) is -2.92. The summed E-state index contributed by atoms with van der Waals surface area (Å²) >= 11 is 0. The molecule has 3 amide bonds. The smallest absolute Gasteiger partial charge is 0.332 e. The molecule has 4 fully saturated rings. The molecule has 0 radical (unpaired) electrons. The largest absolute Gasteiger partial charge is 0.481 e. The summed E-state index contributed by atoms with van der Waals surface area (Å²) in [6, 6.07) is 11.9. The van der Waals surface area contributed by atoms with Crippen LogP contribution in [0.2, 0.25) is 0 Å². The number of benzene rings is 3. The van der Waals surface area contributed by atoms with Crippen molar-refractivity contribution < 1.29 is 53.7 Å². The van der Waals surface area contributed by atoms with Gasteiger partial charge in [-0.3, -0.25) is 38.7 Å². The number of ether oxygens (including phenoxy) is 3. The Labute approximate surface area is 385 Å². The standard InChI is InChI=1S/C44H48F2N8O11S2/c1-3-51(2)67(61,62)50-36-9-7-34(45)41(33(36)23-47)65-29-5-8-35-32(20-29)43(58)54(26-48-35)28-22-44(63-25-28)14-18-53(19-15-44)40(56)24-52-16-12-27(13-17-52)31-6-4-30(21-38(31)66(46,59)60)64-37-10-11-39(55)49-42(37)57/h4-9,20-21,26-28,37,50H,3,10-19,22,24-25H2,1-2H3,(H,49,55,57)/t28-,37?/m1/s1. The molecule has 356 valence electrons. The Balaban J connectivity index is 0.863. The van der Waals surface area contributed by atoms with Crippen molar-refractivity contribution in [2.24, 2.45) is 0 Å². The SMILES string of the molecule is CCN(C)S(=O)(=O)Nc1ccc(F)c(Oc2ccc3ncn([C@H]4COC5(CCN(C(=O)CN6CCC(c7ccc(OC8CCC(=O)NC8=O)cc7S(=O)(=O)F)CC6)CC5)C4)c(=O)c3c2)c1C#N. The van der Waals surface area contributed by atoms with Crippen molar-refractivity contribution in [2.45, 2.75) is 80.4 Å². The quantitative estimate of drug-likeness (QED) is 0.143. The molecule has 67 heavy (non-hydrogen) atoms. The third-order valence-electron chi connectivity index (χ3n) is 13.0. The van der Waals surface area contributed by atoms with Gasteiger partial charge in [0.15, 0.2) is 17.7 Å². The number of hydrogen-bond donors (Lipinski definition) is 2. The first-order valence-electron chi connectivity index (χ1n) is 21.8. The number of rotatable bonds is 13. The Morgan fingerprint density at radius 2 is 1.76 bits per heavy atom. The van der Waals surface area contributed by atoms with Gasteiger partial charge in [-0.25, -0.2) is 9.37 Å². The van der Waals surface area contributed by atoms with Crippen molar-refractivity contribution in [2.75, 3.05) is 57.6 Å². The Morgan fingerprint density at radius 3 is 2.45 bits per heavy atom. The summed E-state index contributed by atoms with van der Waals surface area (Å²) in [5, 5.41) is 12.2. The Kier molecular flexibility index (Phi) is 13.4. The lowest BCUT2D eigenvalue weighted by Crippen LogP contribution is -2.50. The minimum absolute atomic E-state index is 0.00994. The second-order valence-electron chi connectivity index (χ2n) is 17.1. The number of nitriles is 1. The van der Waals surface area contributed by atoms with E-state index < -0.39 is 71.5 Å². The summed E-state index contributed by atoms with van der Waals surface area (Å²) in [4.78, 5) is 58.8. The van der Waals surface area contributed by atoms with Crippen LogP contribution in [-0.2, 0) is 39.6 Å². The van der Waals surface area contributed by atoms with Gasteiger partial charge in [-0.1, -0.05) is 13.0 Å². The predicted molar refractivity (Wildman–Crippen MR) is 236 cm³/mol. The van der Waals surface area contributed by atoms with E-state index in [4.69, 9.17) is 14.2 Å². The number of hydrogen-bond acceptors (Lipinski definition) is 14. The van der Waals surface area contributed by atoms with Gasteiger partial charge >= 0.3 is 20.4 Å². The third-order valence-corrected chi connectivity index (χ3v) is 15.4. The highest BCUT2D eigenvalue weighted by atomic mass is 32.3. The molecule has 8 rings (SSSR count). The Bertz CT molecular complexity index is 2950. The van der Waals surface area contributed by atoms with Crippen LogP contribution in [0.15, 0.2) is 64.5 Å². The molecule has 0 saturated carbocycles. The molecule has 19 nitrogen and oxygen atoms in total. The monoisotopic (exact) mass is 966 g/mol. The van der Waals surface area contributed by atoms with E-state index in [1.807, 2.05) is 11.0 Å². The number of carbonyl (C=O) groups is 3. The Morgan fingerprint density at radius 1 is 1.03 bits per heavy atom. The first kappa shape index (κ1) is 47.4. The average Bonchev–Trinajstić information content (AvgIpc) is 3.71. The number of anilines is 1. The lowest BCUT2D eigenvalue weighted by Gasteiger charge is -2.40. The highest BCUT2D eigenvalue weighted by Crippen LogP contribution is 2.41. The van der Waals surface area contributed by atoms with E-state index in [1.165, 1.54) is 48.3 Å². The summed E-state index contributed by atoms with van der Waals surface area (Å²) in [6.45, 7) is 3.92. The first-order valence-corrected chi connectivity index (χ1v) is 24.6. The highest BCUT2D eigenvalue weighted by molar-refractivity contribution is 7.90. The van der Waals surface area contributed by atoms with Gasteiger partial charge in [0.05, 0.1) is 47.7 Å². The van der Waals surface area contributed by atoms with E-state index in [1.54, 1.807) is 11.8 Å². The summed E-state index contributed by atoms with van der Waals surface area (Å²) in [6.07, 6.45) is 3.08. The van der Waals surface area contributed by atoms with Gasteiger partial charge in [0.25, 0.3) is 11.5 Å². The second-order valence-corrected chi connectivity index (χ2v) is 20.2. The predicted octanol–water partition coefficient (Wildman–Crippen LogP) is 3.85. The fraction of sp³-hybridized carbons (Fsp3) is 0.455. The maximum absolute atomic E-state index is 15.1. The number of piperidine rings is 3. The molecule has 0 bridgehead atoms. The number of amides is 3. The fourth-order valence-electron chi connectivity index (χ4n) is 9.09. The fourth-order valence-corrected chi connectivity index (χ4v) is 10.8. The number of fused-ring (bicyclic) bond motifs is 1. The van der Waals surface area contributed by atoms with E-state index >= 15 is 4.39 Å². The van der Waals surface area contributed by atoms with E-state index in [-0.39, 0.29) is 78.5 Å². The third kappa shape index (κ3) is 10.1. The maximum atomic E-state index is 15.1. The number of nitrogens with one attached hydrogen (secondary N) is 2. The van der Waals surface area contributed by atoms with Gasteiger partial charge in [0.2, 0.25) is 11.8 Å². The number of carbonyl (C=O) groups excluding carboxylic acids is 3. The summed E-state index contributed by atoms with van der Waals surface area (Å²) in [7, 11) is -7.87. The summed E-state index contributed by atoms with van der Waals surface area (Å²) < 4.78 is 102. The van der Waals surface area contributed by atoms with Crippen LogP contribution >= 0.6 is 0 Å². The zero-order chi connectivity index (χ0) is 47.8. The molecule has 0 aliphatic carbocycles. The topological polar surface area (TPSA) is 240 Å². The zero-order valence-electron chi connectivity index (χ0n) is 36.6. The molecular weight excluding hydrogens is 919 g/mol. The normalized spacial score (nSPS) is 20.5. The van der Waals surface area contributed by atoms with Gasteiger partial charge < -0.3 is 19.1 Å². The van der Waals surface area contributed by atoms with Crippen LogP contribution in [0, 0.1) is 17.1 Å². The van der Waals surface area contributed by atoms with E-state index in [2.05, 4.69) is 15.0 Å². The van der Waals surface area contributed by atoms with Crippen LogP contribution in [0.1, 0.15) is 75.0 Å². The second kappa shape index (κ2) is 18.9. The van der Waals surface area contributed by atoms with Crippen molar-refractivity contribution in [3.05, 3.63) is 82.2 Å². The van der Waals surface area contributed by atoms with Crippen molar-refractivity contribution >= 4 is 54.7 Å². The molecule has 23 heteroatoms. The van der Waals surface area contributed by atoms with Crippen LogP contribution in [0.25, 0.3) is 10.9 Å². The van der Waals surface area contributed by atoms with Crippen LogP contribution < -0.4 is 25.1 Å². The first-order chi connectivity index (χ1) is 31.9. The molecule has 1 aromatic heterocycles. The molecule has 1 unspecified atom stereocenters. The van der Waals surface area contributed by atoms with Gasteiger partial charge in [-0.15, -0.1) is 3.89 Å². The lowest BCUT2D eigenvalue weighted by molar-refractivity contribution is -0.139. The molecule has 2 atom stereocenters.